The molecule has 10 nitrogen and oxygen atoms in total. The summed E-state index contributed by atoms with van der Waals surface area (Å²) < 4.78 is 0. The molecular formula is C15H19N5O5. The van der Waals surface area contributed by atoms with E-state index >= 15 is 0 Å². The largest absolute Gasteiger partial charge is 0.481 e. The van der Waals surface area contributed by atoms with Crippen LogP contribution in [-0.2, 0) is 14.4 Å². The molecule has 0 aromatic heterocycles. The van der Waals surface area contributed by atoms with Crippen molar-refractivity contribution in [2.75, 3.05) is 6.54 Å². The van der Waals surface area contributed by atoms with Crippen LogP contribution in [0.4, 0.5) is 5.69 Å². The monoisotopic (exact) mass is 349 g/mol. The van der Waals surface area contributed by atoms with Gasteiger partial charge in [-0.2, -0.15) is 0 Å². The van der Waals surface area contributed by atoms with Gasteiger partial charge in [-0.1, -0.05) is 6.07 Å². The molecule has 25 heavy (non-hydrogen) atoms. The molecule has 1 atom stereocenters. The summed E-state index contributed by atoms with van der Waals surface area (Å²) in [6, 6.07) is 4.94. The van der Waals surface area contributed by atoms with Gasteiger partial charge < -0.3 is 27.2 Å². The molecule has 134 valence electrons. The summed E-state index contributed by atoms with van der Waals surface area (Å²) in [5, 5.41) is 13.3. The van der Waals surface area contributed by atoms with Crippen LogP contribution in [0.5, 0.6) is 0 Å². The molecule has 0 bridgehead atoms. The van der Waals surface area contributed by atoms with E-state index in [-0.39, 0.29) is 11.5 Å². The highest BCUT2D eigenvalue weighted by molar-refractivity contribution is 5.98. The van der Waals surface area contributed by atoms with E-state index < -0.39 is 42.6 Å². The molecule has 1 aromatic carbocycles. The van der Waals surface area contributed by atoms with Crippen LogP contribution in [0.3, 0.4) is 0 Å². The van der Waals surface area contributed by atoms with Crippen molar-refractivity contribution in [3.63, 3.8) is 0 Å². The normalized spacial score (nSPS) is 11.1. The highest BCUT2D eigenvalue weighted by atomic mass is 16.4. The maximum Gasteiger partial charge on any atom is 0.305 e. The molecule has 0 fully saturated rings. The predicted octanol–water partition coefficient (Wildman–Crippen LogP) is -1.13. The minimum absolute atomic E-state index is 0.161. The molecule has 0 aliphatic rings. The molecule has 1 aromatic rings. The lowest BCUT2D eigenvalue weighted by Gasteiger charge is -2.14. The number of nitrogens with one attached hydrogen (secondary N) is 2. The molecule has 10 heteroatoms. The summed E-state index contributed by atoms with van der Waals surface area (Å²) in [5.74, 6) is -3.12. The zero-order chi connectivity index (χ0) is 19.0. The van der Waals surface area contributed by atoms with E-state index in [0.717, 1.165) is 0 Å². The highest BCUT2D eigenvalue weighted by Gasteiger charge is 2.20. The lowest BCUT2D eigenvalue weighted by molar-refractivity contribution is -0.139. The fourth-order valence-corrected chi connectivity index (χ4v) is 1.84. The number of guanidine groups is 1. The Labute approximate surface area is 143 Å². The molecule has 0 heterocycles. The van der Waals surface area contributed by atoms with Crippen molar-refractivity contribution in [3.8, 4) is 0 Å². The first-order valence-electron chi connectivity index (χ1n) is 7.18. The second-order valence-electron chi connectivity index (χ2n) is 5.10. The Morgan fingerprint density at radius 1 is 1.24 bits per heavy atom. The van der Waals surface area contributed by atoms with Gasteiger partial charge >= 0.3 is 5.97 Å². The van der Waals surface area contributed by atoms with E-state index in [1.54, 1.807) is 12.1 Å². The number of aliphatic carboxylic acids is 1. The highest BCUT2D eigenvalue weighted by Crippen LogP contribution is 2.13. The SMILES string of the molecule is CC(=O)[C@H](CC(=O)O)NC(=O)CNC(=O)c1cccc(N=C(N)N)c1. The Morgan fingerprint density at radius 2 is 1.92 bits per heavy atom. The van der Waals surface area contributed by atoms with Crippen molar-refractivity contribution >= 4 is 35.2 Å². The summed E-state index contributed by atoms with van der Waals surface area (Å²) >= 11 is 0. The second kappa shape index (κ2) is 9.01. The number of carboxylic acids is 1. The quantitative estimate of drug-likeness (QED) is 0.291. The van der Waals surface area contributed by atoms with Gasteiger partial charge in [-0.3, -0.25) is 19.2 Å². The smallest absolute Gasteiger partial charge is 0.305 e. The number of ketones is 1. The number of rotatable bonds is 8. The topological polar surface area (TPSA) is 177 Å². The molecule has 0 saturated heterocycles. The molecule has 0 radical (unpaired) electrons. The summed E-state index contributed by atoms with van der Waals surface area (Å²) in [7, 11) is 0. The average molecular weight is 349 g/mol. The lowest BCUT2D eigenvalue weighted by Crippen LogP contribution is -2.45. The van der Waals surface area contributed by atoms with Gasteiger partial charge in [0.2, 0.25) is 5.91 Å². The third kappa shape index (κ3) is 7.12. The molecule has 0 aliphatic carbocycles. The number of carboxylic acid groups (broad SMARTS) is 1. The molecule has 1 rings (SSSR count). The maximum atomic E-state index is 12.0. The number of benzene rings is 1. The van der Waals surface area contributed by atoms with E-state index in [1.807, 2.05) is 0 Å². The Hall–Kier alpha value is -3.43. The summed E-state index contributed by atoms with van der Waals surface area (Å²) in [6.45, 7) is 0.746. The van der Waals surface area contributed by atoms with Gasteiger partial charge in [-0.05, 0) is 25.1 Å². The van der Waals surface area contributed by atoms with Gasteiger partial charge in [0.05, 0.1) is 24.7 Å². The minimum Gasteiger partial charge on any atom is -0.481 e. The van der Waals surface area contributed by atoms with E-state index in [9.17, 15) is 19.2 Å². The lowest BCUT2D eigenvalue weighted by atomic mass is 10.1. The van der Waals surface area contributed by atoms with Crippen molar-refractivity contribution in [2.24, 2.45) is 16.5 Å². The predicted molar refractivity (Wildman–Crippen MR) is 89.1 cm³/mol. The van der Waals surface area contributed by atoms with Crippen molar-refractivity contribution in [1.29, 1.82) is 0 Å². The van der Waals surface area contributed by atoms with Crippen LogP contribution in [-0.4, -0.2) is 47.2 Å². The Morgan fingerprint density at radius 3 is 2.48 bits per heavy atom. The van der Waals surface area contributed by atoms with Crippen molar-refractivity contribution in [2.45, 2.75) is 19.4 Å². The Kier molecular flexibility index (Phi) is 7.07. The van der Waals surface area contributed by atoms with Crippen molar-refractivity contribution < 1.29 is 24.3 Å². The molecule has 0 saturated carbocycles. The average Bonchev–Trinajstić information content (AvgIpc) is 2.51. The Balaban J connectivity index is 2.63. The van der Waals surface area contributed by atoms with Crippen LogP contribution >= 0.6 is 0 Å². The molecule has 2 amide bonds. The van der Waals surface area contributed by atoms with Crippen LogP contribution in [0.25, 0.3) is 0 Å². The zero-order valence-electron chi connectivity index (χ0n) is 13.5. The Bertz CT molecular complexity index is 712. The zero-order valence-corrected chi connectivity index (χ0v) is 13.5. The number of nitrogens with zero attached hydrogens (tertiary/aromatic N) is 1. The van der Waals surface area contributed by atoms with Gasteiger partial charge in [-0.25, -0.2) is 4.99 Å². The molecule has 0 spiro atoms. The van der Waals surface area contributed by atoms with Crippen molar-refractivity contribution in [1.82, 2.24) is 10.6 Å². The van der Waals surface area contributed by atoms with Crippen LogP contribution in [0.15, 0.2) is 29.3 Å². The number of Topliss-reactive ketones (excluding diaryl/α,β-unsaturated/α-hetero) is 1. The third-order valence-corrected chi connectivity index (χ3v) is 2.98. The van der Waals surface area contributed by atoms with E-state index in [4.69, 9.17) is 16.6 Å². The second-order valence-corrected chi connectivity index (χ2v) is 5.10. The summed E-state index contributed by atoms with van der Waals surface area (Å²) in [6.07, 6.45) is -0.532. The fraction of sp³-hybridized carbons (Fsp3) is 0.267. The van der Waals surface area contributed by atoms with Crippen LogP contribution < -0.4 is 22.1 Å². The first-order valence-corrected chi connectivity index (χ1v) is 7.18. The molecular weight excluding hydrogens is 330 g/mol. The van der Waals surface area contributed by atoms with Crippen molar-refractivity contribution in [3.05, 3.63) is 29.8 Å². The van der Waals surface area contributed by atoms with Crippen LogP contribution in [0.1, 0.15) is 23.7 Å². The van der Waals surface area contributed by atoms with E-state index in [1.165, 1.54) is 19.1 Å². The van der Waals surface area contributed by atoms with Crippen LogP contribution in [0, 0.1) is 0 Å². The van der Waals surface area contributed by atoms with E-state index in [2.05, 4.69) is 15.6 Å². The van der Waals surface area contributed by atoms with Gasteiger partial charge in [0.1, 0.15) is 0 Å². The van der Waals surface area contributed by atoms with Gasteiger partial charge in [-0.15, -0.1) is 0 Å². The van der Waals surface area contributed by atoms with Gasteiger partial charge in [0.15, 0.2) is 11.7 Å². The molecule has 0 aliphatic heterocycles. The number of aliphatic imine (C=N–C) groups is 1. The minimum atomic E-state index is -1.22. The van der Waals surface area contributed by atoms with Crippen LogP contribution in [0.2, 0.25) is 0 Å². The first kappa shape index (κ1) is 19.6. The summed E-state index contributed by atoms with van der Waals surface area (Å²) in [5.41, 5.74) is 11.1. The third-order valence-electron chi connectivity index (χ3n) is 2.98. The standard InChI is InChI=1S/C15H19N5O5/c1-8(21)11(6-13(23)24)20-12(22)7-18-14(25)9-3-2-4-10(5-9)19-15(16)17/h2-5,11H,6-7H2,1H3,(H,18,25)(H,20,22)(H,23,24)(H4,16,17,19)/t11-/m0/s1. The summed E-state index contributed by atoms with van der Waals surface area (Å²) in [4.78, 5) is 49.5. The van der Waals surface area contributed by atoms with Gasteiger partial charge in [0, 0.05) is 5.56 Å². The number of amides is 2. The number of hydrogen-bond acceptors (Lipinski definition) is 5. The first-order chi connectivity index (χ1) is 11.7. The molecule has 7 N–H and O–H groups in total. The number of hydrogen-bond donors (Lipinski definition) is 5. The number of carbonyl (C=O) groups excluding carboxylic acids is 3. The molecule has 0 unspecified atom stereocenters. The fourth-order valence-electron chi connectivity index (χ4n) is 1.84. The number of nitrogens with two attached hydrogens (primary N) is 2. The maximum absolute atomic E-state index is 12.0. The number of carbonyl (C=O) groups is 4. The van der Waals surface area contributed by atoms with Gasteiger partial charge in [0.25, 0.3) is 5.91 Å². The van der Waals surface area contributed by atoms with E-state index in [0.29, 0.717) is 5.69 Å².